The van der Waals surface area contributed by atoms with Gasteiger partial charge in [0.15, 0.2) is 0 Å². The van der Waals surface area contributed by atoms with E-state index in [1.54, 1.807) is 12.1 Å². The molecule has 19 heavy (non-hydrogen) atoms. The minimum atomic E-state index is -0.151. The predicted octanol–water partition coefficient (Wildman–Crippen LogP) is 2.83. The summed E-state index contributed by atoms with van der Waals surface area (Å²) in [5.41, 5.74) is 1.22. The average Bonchev–Trinajstić information content (AvgIpc) is 2.92. The third kappa shape index (κ3) is 4.02. The maximum atomic E-state index is 12.9. The molecule has 0 saturated carbocycles. The Balaban J connectivity index is 1.98. The van der Waals surface area contributed by atoms with Gasteiger partial charge in [0.05, 0.1) is 0 Å². The van der Waals surface area contributed by atoms with Crippen LogP contribution in [0.3, 0.4) is 0 Å². The van der Waals surface area contributed by atoms with Gasteiger partial charge in [-0.15, -0.1) is 0 Å². The van der Waals surface area contributed by atoms with E-state index in [1.807, 2.05) is 12.1 Å². The van der Waals surface area contributed by atoms with Crippen LogP contribution in [0.2, 0.25) is 0 Å². The molecule has 1 saturated heterocycles. The van der Waals surface area contributed by atoms with E-state index in [0.717, 1.165) is 26.1 Å². The first-order chi connectivity index (χ1) is 9.20. The van der Waals surface area contributed by atoms with Gasteiger partial charge in [0.25, 0.3) is 0 Å². The Bertz CT molecular complexity index is 371. The molecule has 0 bridgehead atoms. The standard InChI is InChI=1S/C16H25FN2/c1-3-10-19(16-8-9-18-12-16)13(2)11-14-4-6-15(17)7-5-14/h4-7,13,16,18H,3,8-12H2,1-2H3. The summed E-state index contributed by atoms with van der Waals surface area (Å²) < 4.78 is 12.9. The molecule has 1 aromatic carbocycles. The van der Waals surface area contributed by atoms with Gasteiger partial charge in [0.2, 0.25) is 0 Å². The molecule has 3 heteroatoms. The topological polar surface area (TPSA) is 15.3 Å². The van der Waals surface area contributed by atoms with Crippen LogP contribution in [-0.4, -0.2) is 36.6 Å². The van der Waals surface area contributed by atoms with Gasteiger partial charge < -0.3 is 5.32 Å². The highest BCUT2D eigenvalue weighted by molar-refractivity contribution is 5.17. The van der Waals surface area contributed by atoms with E-state index in [-0.39, 0.29) is 5.82 Å². The first-order valence-electron chi connectivity index (χ1n) is 7.41. The van der Waals surface area contributed by atoms with Crippen molar-refractivity contribution < 1.29 is 4.39 Å². The molecular weight excluding hydrogens is 239 g/mol. The van der Waals surface area contributed by atoms with Crippen molar-refractivity contribution in [2.75, 3.05) is 19.6 Å². The van der Waals surface area contributed by atoms with Crippen LogP contribution in [0, 0.1) is 5.82 Å². The smallest absolute Gasteiger partial charge is 0.123 e. The van der Waals surface area contributed by atoms with E-state index in [1.165, 1.54) is 18.4 Å². The Hall–Kier alpha value is -0.930. The minimum Gasteiger partial charge on any atom is -0.315 e. The van der Waals surface area contributed by atoms with Gasteiger partial charge in [0.1, 0.15) is 5.82 Å². The molecule has 1 N–H and O–H groups in total. The van der Waals surface area contributed by atoms with E-state index in [2.05, 4.69) is 24.1 Å². The lowest BCUT2D eigenvalue weighted by molar-refractivity contribution is 0.152. The molecule has 1 aliphatic rings. The fourth-order valence-corrected chi connectivity index (χ4v) is 3.02. The van der Waals surface area contributed by atoms with Gasteiger partial charge in [-0.05, 0) is 57.0 Å². The minimum absolute atomic E-state index is 0.151. The lowest BCUT2D eigenvalue weighted by atomic mass is 10.0. The third-order valence-electron chi connectivity index (χ3n) is 4.00. The van der Waals surface area contributed by atoms with Crippen LogP contribution in [0.15, 0.2) is 24.3 Å². The Labute approximate surface area is 116 Å². The summed E-state index contributed by atoms with van der Waals surface area (Å²) in [6.45, 7) is 7.91. The summed E-state index contributed by atoms with van der Waals surface area (Å²) in [6, 6.07) is 8.10. The first kappa shape index (κ1) is 14.5. The number of halogens is 1. The highest BCUT2D eigenvalue weighted by atomic mass is 19.1. The first-order valence-corrected chi connectivity index (χ1v) is 7.41. The molecule has 2 atom stereocenters. The average molecular weight is 264 g/mol. The van der Waals surface area contributed by atoms with Crippen molar-refractivity contribution in [1.29, 1.82) is 0 Å². The fraction of sp³-hybridized carbons (Fsp3) is 0.625. The highest BCUT2D eigenvalue weighted by Crippen LogP contribution is 2.17. The van der Waals surface area contributed by atoms with E-state index in [9.17, 15) is 4.39 Å². The Morgan fingerprint density at radius 3 is 2.68 bits per heavy atom. The number of benzene rings is 1. The highest BCUT2D eigenvalue weighted by Gasteiger charge is 2.25. The number of hydrogen-bond acceptors (Lipinski definition) is 2. The van der Waals surface area contributed by atoms with Crippen molar-refractivity contribution in [1.82, 2.24) is 10.2 Å². The van der Waals surface area contributed by atoms with Crippen LogP contribution >= 0.6 is 0 Å². The zero-order valence-corrected chi connectivity index (χ0v) is 12.0. The summed E-state index contributed by atoms with van der Waals surface area (Å²) in [5.74, 6) is -0.151. The summed E-state index contributed by atoms with van der Waals surface area (Å²) >= 11 is 0. The second-order valence-electron chi connectivity index (χ2n) is 5.56. The van der Waals surface area contributed by atoms with Crippen molar-refractivity contribution in [2.45, 2.75) is 45.2 Å². The Morgan fingerprint density at radius 1 is 1.37 bits per heavy atom. The molecule has 2 unspecified atom stereocenters. The monoisotopic (exact) mass is 264 g/mol. The molecular formula is C16H25FN2. The molecule has 0 amide bonds. The second-order valence-corrected chi connectivity index (χ2v) is 5.56. The lowest BCUT2D eigenvalue weighted by Crippen LogP contribution is -2.44. The number of rotatable bonds is 6. The molecule has 0 spiro atoms. The Kier molecular flexibility index (Phi) is 5.34. The number of nitrogens with zero attached hydrogens (tertiary/aromatic N) is 1. The van der Waals surface area contributed by atoms with E-state index in [4.69, 9.17) is 0 Å². The van der Waals surface area contributed by atoms with Crippen molar-refractivity contribution in [3.63, 3.8) is 0 Å². The van der Waals surface area contributed by atoms with Crippen LogP contribution in [0.1, 0.15) is 32.3 Å². The van der Waals surface area contributed by atoms with Crippen LogP contribution < -0.4 is 5.32 Å². The molecule has 0 aromatic heterocycles. The van der Waals surface area contributed by atoms with Crippen LogP contribution in [-0.2, 0) is 6.42 Å². The zero-order valence-electron chi connectivity index (χ0n) is 12.0. The maximum Gasteiger partial charge on any atom is 0.123 e. The van der Waals surface area contributed by atoms with Gasteiger partial charge >= 0.3 is 0 Å². The molecule has 1 heterocycles. The molecule has 0 radical (unpaired) electrons. The van der Waals surface area contributed by atoms with Crippen molar-refractivity contribution >= 4 is 0 Å². The van der Waals surface area contributed by atoms with E-state index >= 15 is 0 Å². The van der Waals surface area contributed by atoms with Gasteiger partial charge in [-0.1, -0.05) is 19.1 Å². The SMILES string of the molecule is CCCN(C(C)Cc1ccc(F)cc1)C1CCNC1. The zero-order chi connectivity index (χ0) is 13.7. The second kappa shape index (κ2) is 7.01. The van der Waals surface area contributed by atoms with Crippen molar-refractivity contribution in [2.24, 2.45) is 0 Å². The lowest BCUT2D eigenvalue weighted by Gasteiger charge is -2.34. The molecule has 1 fully saturated rings. The molecule has 106 valence electrons. The maximum absolute atomic E-state index is 12.9. The van der Waals surface area contributed by atoms with E-state index < -0.39 is 0 Å². The number of hydrogen-bond donors (Lipinski definition) is 1. The molecule has 2 rings (SSSR count). The quantitative estimate of drug-likeness (QED) is 0.850. The number of nitrogens with one attached hydrogen (secondary N) is 1. The molecule has 1 aliphatic heterocycles. The van der Waals surface area contributed by atoms with Gasteiger partial charge in [-0.2, -0.15) is 0 Å². The van der Waals surface area contributed by atoms with Gasteiger partial charge in [-0.25, -0.2) is 4.39 Å². The van der Waals surface area contributed by atoms with Crippen molar-refractivity contribution in [3.8, 4) is 0 Å². The summed E-state index contributed by atoms with van der Waals surface area (Å²) in [5, 5.41) is 3.45. The normalized spacial score (nSPS) is 20.9. The summed E-state index contributed by atoms with van der Waals surface area (Å²) in [6.07, 6.45) is 3.43. The summed E-state index contributed by atoms with van der Waals surface area (Å²) in [4.78, 5) is 2.61. The largest absolute Gasteiger partial charge is 0.315 e. The summed E-state index contributed by atoms with van der Waals surface area (Å²) in [7, 11) is 0. The van der Waals surface area contributed by atoms with Crippen LogP contribution in [0.25, 0.3) is 0 Å². The molecule has 0 aliphatic carbocycles. The molecule has 1 aromatic rings. The molecule has 2 nitrogen and oxygen atoms in total. The fourth-order valence-electron chi connectivity index (χ4n) is 3.02. The van der Waals surface area contributed by atoms with Crippen LogP contribution in [0.5, 0.6) is 0 Å². The predicted molar refractivity (Wildman–Crippen MR) is 77.8 cm³/mol. The third-order valence-corrected chi connectivity index (χ3v) is 4.00. The van der Waals surface area contributed by atoms with E-state index in [0.29, 0.717) is 12.1 Å². The van der Waals surface area contributed by atoms with Gasteiger partial charge in [-0.3, -0.25) is 4.90 Å². The Morgan fingerprint density at radius 2 is 2.11 bits per heavy atom. The van der Waals surface area contributed by atoms with Gasteiger partial charge in [0, 0.05) is 18.6 Å². The van der Waals surface area contributed by atoms with Crippen LogP contribution in [0.4, 0.5) is 4.39 Å². The van der Waals surface area contributed by atoms with Crippen molar-refractivity contribution in [3.05, 3.63) is 35.6 Å².